The number of hydrogen-bond acceptors (Lipinski definition) is 5. The zero-order valence-electron chi connectivity index (χ0n) is 10.4. The Morgan fingerprint density at radius 3 is 2.84 bits per heavy atom. The van der Waals surface area contributed by atoms with Crippen LogP contribution >= 0.6 is 0 Å². The van der Waals surface area contributed by atoms with Crippen molar-refractivity contribution >= 4 is 23.0 Å². The minimum atomic E-state index is -0.526. The normalized spacial score (nSPS) is 13.9. The largest absolute Gasteiger partial charge is 0.393 e. The molecule has 1 saturated carbocycles. The van der Waals surface area contributed by atoms with Gasteiger partial charge in [0.05, 0.1) is 4.92 Å². The predicted octanol–water partition coefficient (Wildman–Crippen LogP) is 1.26. The van der Waals surface area contributed by atoms with Crippen molar-refractivity contribution in [3.8, 4) is 0 Å². The topological polar surface area (TPSA) is 110 Å². The average molecular weight is 264 g/mol. The highest BCUT2D eigenvalue weighted by molar-refractivity contribution is 5.78. The number of carbonyl (C=O) groups is 1. The van der Waals surface area contributed by atoms with E-state index in [-0.39, 0.29) is 23.7 Å². The summed E-state index contributed by atoms with van der Waals surface area (Å²) < 4.78 is 0. The van der Waals surface area contributed by atoms with E-state index in [1.54, 1.807) is 12.1 Å². The lowest BCUT2D eigenvalue weighted by molar-refractivity contribution is -0.383. The van der Waals surface area contributed by atoms with E-state index in [4.69, 9.17) is 5.73 Å². The van der Waals surface area contributed by atoms with Crippen molar-refractivity contribution in [2.45, 2.75) is 25.3 Å². The quantitative estimate of drug-likeness (QED) is 0.407. The van der Waals surface area contributed by atoms with Crippen LogP contribution in [0.25, 0.3) is 0 Å². The molecule has 7 nitrogen and oxygen atoms in total. The van der Waals surface area contributed by atoms with Crippen LogP contribution in [0.5, 0.6) is 0 Å². The number of hydrogen-bond donors (Lipinski definition) is 3. The fourth-order valence-electron chi connectivity index (χ4n) is 1.75. The molecule has 19 heavy (non-hydrogen) atoms. The lowest BCUT2D eigenvalue weighted by Crippen LogP contribution is -2.27. The Balaban J connectivity index is 1.89. The van der Waals surface area contributed by atoms with E-state index < -0.39 is 4.92 Å². The molecule has 1 amide bonds. The fourth-order valence-corrected chi connectivity index (χ4v) is 1.75. The summed E-state index contributed by atoms with van der Waals surface area (Å²) >= 11 is 0. The van der Waals surface area contributed by atoms with E-state index in [9.17, 15) is 14.9 Å². The monoisotopic (exact) mass is 264 g/mol. The van der Waals surface area contributed by atoms with Crippen molar-refractivity contribution in [1.29, 1.82) is 0 Å². The van der Waals surface area contributed by atoms with Crippen LogP contribution in [0.4, 0.5) is 17.1 Å². The molecule has 0 radical (unpaired) electrons. The maximum absolute atomic E-state index is 11.5. The highest BCUT2D eigenvalue weighted by Crippen LogP contribution is 2.30. The van der Waals surface area contributed by atoms with Gasteiger partial charge < -0.3 is 16.4 Å². The van der Waals surface area contributed by atoms with Crippen LogP contribution in [0.2, 0.25) is 0 Å². The van der Waals surface area contributed by atoms with Crippen LogP contribution in [-0.4, -0.2) is 23.4 Å². The number of amides is 1. The Morgan fingerprint density at radius 2 is 2.21 bits per heavy atom. The molecule has 2 rings (SSSR count). The van der Waals surface area contributed by atoms with Gasteiger partial charge in [0.15, 0.2) is 0 Å². The molecule has 0 bridgehead atoms. The van der Waals surface area contributed by atoms with Crippen LogP contribution < -0.4 is 16.4 Å². The molecule has 0 spiro atoms. The summed E-state index contributed by atoms with van der Waals surface area (Å²) in [6, 6.07) is 5.01. The molecule has 0 heterocycles. The van der Waals surface area contributed by atoms with Gasteiger partial charge in [-0.3, -0.25) is 14.9 Å². The number of anilines is 2. The third-order valence-electron chi connectivity index (χ3n) is 2.86. The number of rotatable bonds is 6. The van der Waals surface area contributed by atoms with E-state index in [2.05, 4.69) is 10.6 Å². The smallest absolute Gasteiger partial charge is 0.314 e. The second-order valence-corrected chi connectivity index (χ2v) is 4.52. The first-order chi connectivity index (χ1) is 9.08. The number of nitrogen functional groups attached to an aromatic ring is 1. The van der Waals surface area contributed by atoms with Gasteiger partial charge in [-0.2, -0.15) is 0 Å². The van der Waals surface area contributed by atoms with Gasteiger partial charge in [0, 0.05) is 19.0 Å². The summed E-state index contributed by atoms with van der Waals surface area (Å²) in [4.78, 5) is 21.8. The van der Waals surface area contributed by atoms with Crippen LogP contribution in [0.1, 0.15) is 19.3 Å². The molecule has 1 fully saturated rings. The van der Waals surface area contributed by atoms with Gasteiger partial charge in [-0.05, 0) is 25.0 Å². The summed E-state index contributed by atoms with van der Waals surface area (Å²) in [5, 5.41) is 16.6. The van der Waals surface area contributed by atoms with Gasteiger partial charge in [-0.15, -0.1) is 0 Å². The van der Waals surface area contributed by atoms with Crippen molar-refractivity contribution < 1.29 is 9.72 Å². The lowest BCUT2D eigenvalue weighted by atomic mass is 10.2. The molecule has 4 N–H and O–H groups in total. The Bertz CT molecular complexity index is 500. The summed E-state index contributed by atoms with van der Waals surface area (Å²) in [6.07, 6.45) is 2.36. The van der Waals surface area contributed by atoms with Crippen molar-refractivity contribution in [3.63, 3.8) is 0 Å². The molecule has 102 valence electrons. The van der Waals surface area contributed by atoms with E-state index in [0.29, 0.717) is 18.3 Å². The highest BCUT2D eigenvalue weighted by atomic mass is 16.6. The molecule has 1 aromatic rings. The summed E-state index contributed by atoms with van der Waals surface area (Å²) in [5.74, 6) is -0.0402. The molecule has 0 aliphatic heterocycles. The van der Waals surface area contributed by atoms with Gasteiger partial charge in [-0.25, -0.2) is 0 Å². The van der Waals surface area contributed by atoms with Gasteiger partial charge >= 0.3 is 5.69 Å². The summed E-state index contributed by atoms with van der Waals surface area (Å²) in [6.45, 7) is 0.336. The number of nitro groups is 1. The van der Waals surface area contributed by atoms with Crippen molar-refractivity contribution in [2.75, 3.05) is 17.6 Å². The van der Waals surface area contributed by atoms with Gasteiger partial charge in [0.2, 0.25) is 5.91 Å². The molecule has 0 unspecified atom stereocenters. The molecule has 0 saturated heterocycles. The number of carbonyl (C=O) groups excluding carboxylic acids is 1. The second kappa shape index (κ2) is 5.55. The predicted molar refractivity (Wildman–Crippen MR) is 71.8 cm³/mol. The first-order valence-electron chi connectivity index (χ1n) is 6.14. The number of para-hydroxylation sites is 1. The highest BCUT2D eigenvalue weighted by Gasteiger charge is 2.23. The zero-order valence-corrected chi connectivity index (χ0v) is 10.4. The van der Waals surface area contributed by atoms with E-state index >= 15 is 0 Å². The molecule has 1 aromatic carbocycles. The number of nitrogens with two attached hydrogens (primary N) is 1. The average Bonchev–Trinajstić information content (AvgIpc) is 3.12. The summed E-state index contributed by atoms with van der Waals surface area (Å²) in [7, 11) is 0. The standard InChI is InChI=1S/C12H16N4O3/c13-9-2-1-3-10(12(9)16(18)19)14-7-6-11(17)15-8-4-5-8/h1-3,8,14H,4-7,13H2,(H,15,17). The Labute approximate surface area is 110 Å². The minimum Gasteiger partial charge on any atom is -0.393 e. The van der Waals surface area contributed by atoms with Gasteiger partial charge in [-0.1, -0.05) is 6.07 Å². The molecular formula is C12H16N4O3. The Kier molecular flexibility index (Phi) is 3.84. The van der Waals surface area contributed by atoms with Crippen LogP contribution in [0.3, 0.4) is 0 Å². The van der Waals surface area contributed by atoms with Crippen LogP contribution in [0.15, 0.2) is 18.2 Å². The van der Waals surface area contributed by atoms with Crippen molar-refractivity contribution in [2.24, 2.45) is 0 Å². The molecule has 1 aliphatic rings. The van der Waals surface area contributed by atoms with Crippen LogP contribution in [0, 0.1) is 10.1 Å². The maximum Gasteiger partial charge on any atom is 0.314 e. The third-order valence-corrected chi connectivity index (χ3v) is 2.86. The number of benzene rings is 1. The second-order valence-electron chi connectivity index (χ2n) is 4.52. The van der Waals surface area contributed by atoms with E-state index in [0.717, 1.165) is 12.8 Å². The van der Waals surface area contributed by atoms with Crippen LogP contribution in [-0.2, 0) is 4.79 Å². The van der Waals surface area contributed by atoms with E-state index in [1.807, 2.05) is 0 Å². The molecule has 7 heteroatoms. The Hall–Kier alpha value is -2.31. The number of nitrogens with one attached hydrogen (secondary N) is 2. The molecule has 0 atom stereocenters. The first kappa shape index (κ1) is 13.1. The summed E-state index contributed by atoms with van der Waals surface area (Å²) in [5.41, 5.74) is 5.86. The fraction of sp³-hybridized carbons (Fsp3) is 0.417. The molecule has 1 aliphatic carbocycles. The SMILES string of the molecule is Nc1cccc(NCCC(=O)NC2CC2)c1[N+](=O)[O-]. The Morgan fingerprint density at radius 1 is 1.47 bits per heavy atom. The minimum absolute atomic E-state index is 0.0402. The number of nitrogens with zero attached hydrogens (tertiary/aromatic N) is 1. The lowest BCUT2D eigenvalue weighted by Gasteiger charge is -2.08. The van der Waals surface area contributed by atoms with Gasteiger partial charge in [0.1, 0.15) is 11.4 Å². The molecular weight excluding hydrogens is 248 g/mol. The van der Waals surface area contributed by atoms with Crippen molar-refractivity contribution in [1.82, 2.24) is 5.32 Å². The van der Waals surface area contributed by atoms with Crippen molar-refractivity contribution in [3.05, 3.63) is 28.3 Å². The number of nitro benzene ring substituents is 1. The van der Waals surface area contributed by atoms with Gasteiger partial charge in [0.25, 0.3) is 0 Å². The van der Waals surface area contributed by atoms with E-state index in [1.165, 1.54) is 6.07 Å². The maximum atomic E-state index is 11.5. The zero-order chi connectivity index (χ0) is 13.8. The first-order valence-corrected chi connectivity index (χ1v) is 6.14. The third kappa shape index (κ3) is 3.57. The molecule has 0 aromatic heterocycles.